The molecule has 0 saturated carbocycles. The number of hydrogen-bond donors (Lipinski definition) is 2. The van der Waals surface area contributed by atoms with Gasteiger partial charge in [0.2, 0.25) is 0 Å². The summed E-state index contributed by atoms with van der Waals surface area (Å²) in [5.41, 5.74) is 1.30. The Bertz CT molecular complexity index is 1340. The molecule has 2 N–H and O–H groups in total. The number of carbonyl (C=O) groups is 3. The Morgan fingerprint density at radius 2 is 1.81 bits per heavy atom. The minimum atomic E-state index is -4.85. The van der Waals surface area contributed by atoms with Crippen LogP contribution in [-0.2, 0) is 12.6 Å². The van der Waals surface area contributed by atoms with Gasteiger partial charge in [0.25, 0.3) is 11.8 Å². The van der Waals surface area contributed by atoms with E-state index in [1.165, 1.54) is 56.5 Å². The predicted molar refractivity (Wildman–Crippen MR) is 129 cm³/mol. The summed E-state index contributed by atoms with van der Waals surface area (Å²) < 4.78 is 41.0. The van der Waals surface area contributed by atoms with E-state index in [0.717, 1.165) is 10.6 Å². The number of aromatic nitrogens is 3. The van der Waals surface area contributed by atoms with Crippen LogP contribution in [0.4, 0.5) is 23.7 Å². The summed E-state index contributed by atoms with van der Waals surface area (Å²) in [6.45, 7) is 1.85. The van der Waals surface area contributed by atoms with E-state index in [1.807, 2.05) is 6.92 Å². The summed E-state index contributed by atoms with van der Waals surface area (Å²) in [6.07, 6.45) is -3.00. The van der Waals surface area contributed by atoms with Gasteiger partial charge in [-0.2, -0.15) is 18.3 Å². The second kappa shape index (κ2) is 10.9. The Balaban J connectivity index is 2.03. The fraction of sp³-hybridized carbons (Fsp3) is 0.261. The van der Waals surface area contributed by atoms with Gasteiger partial charge in [0.05, 0.1) is 16.3 Å². The predicted octanol–water partition coefficient (Wildman–Crippen LogP) is 4.01. The lowest BCUT2D eigenvalue weighted by Gasteiger charge is -2.22. The maximum atomic E-state index is 13.4. The van der Waals surface area contributed by atoms with E-state index in [-0.39, 0.29) is 22.1 Å². The first-order valence-electron chi connectivity index (χ1n) is 10.8. The average molecular weight is 538 g/mol. The number of nitrogens with one attached hydrogen (secondary N) is 2. The molecule has 3 rings (SSSR count). The number of alkyl halides is 3. The van der Waals surface area contributed by atoms with Gasteiger partial charge >= 0.3 is 12.2 Å². The SMILES string of the molecule is CCc1ccc(NC(=O)c2cc(C(F)(F)F)nn2-c2ncccc2Cl)c(C(=O)N(C)NC(=O)N(C)C)c1. The number of hydrazine groups is 1. The molecular weight excluding hydrogens is 515 g/mol. The fourth-order valence-corrected chi connectivity index (χ4v) is 3.34. The van der Waals surface area contributed by atoms with Crippen LogP contribution < -0.4 is 10.7 Å². The monoisotopic (exact) mass is 537 g/mol. The van der Waals surface area contributed by atoms with Crippen molar-refractivity contribution < 1.29 is 27.6 Å². The standard InChI is InChI=1S/C23H23ClF3N7O3/c1-5-13-8-9-16(14(11-13)21(36)33(4)31-22(37)32(2)3)29-20(35)17-12-18(23(25,26)27)30-34(17)19-15(24)7-6-10-28-19/h6-12H,5H2,1-4H3,(H,29,35)(H,31,37). The molecule has 0 unspecified atom stereocenters. The van der Waals surface area contributed by atoms with Crippen LogP contribution in [0.2, 0.25) is 5.02 Å². The number of amides is 4. The summed E-state index contributed by atoms with van der Waals surface area (Å²) >= 11 is 6.09. The lowest BCUT2D eigenvalue weighted by molar-refractivity contribution is -0.141. The molecular formula is C23H23ClF3N7O3. The summed E-state index contributed by atoms with van der Waals surface area (Å²) in [7, 11) is 4.30. The van der Waals surface area contributed by atoms with Gasteiger partial charge in [0, 0.05) is 33.4 Å². The highest BCUT2D eigenvalue weighted by atomic mass is 35.5. The molecule has 0 fully saturated rings. The van der Waals surface area contributed by atoms with Gasteiger partial charge in [0.15, 0.2) is 11.5 Å². The smallest absolute Gasteiger partial charge is 0.330 e. The van der Waals surface area contributed by atoms with E-state index in [0.29, 0.717) is 17.2 Å². The van der Waals surface area contributed by atoms with E-state index >= 15 is 0 Å². The van der Waals surface area contributed by atoms with Crippen LogP contribution in [0, 0.1) is 0 Å². The van der Waals surface area contributed by atoms with Crippen LogP contribution in [0.3, 0.4) is 0 Å². The van der Waals surface area contributed by atoms with Crippen LogP contribution in [-0.4, -0.2) is 63.7 Å². The molecule has 0 aliphatic rings. The van der Waals surface area contributed by atoms with Gasteiger partial charge in [-0.3, -0.25) is 14.6 Å². The van der Waals surface area contributed by atoms with E-state index in [9.17, 15) is 27.6 Å². The Hall–Kier alpha value is -4.13. The normalized spacial score (nSPS) is 11.1. The topological polar surface area (TPSA) is 112 Å². The van der Waals surface area contributed by atoms with Crippen LogP contribution in [0.15, 0.2) is 42.6 Å². The van der Waals surface area contributed by atoms with Crippen molar-refractivity contribution in [3.05, 3.63) is 70.1 Å². The summed E-state index contributed by atoms with van der Waals surface area (Å²) in [4.78, 5) is 43.5. The molecule has 0 aliphatic heterocycles. The Morgan fingerprint density at radius 1 is 1.11 bits per heavy atom. The zero-order valence-electron chi connectivity index (χ0n) is 20.2. The molecule has 10 nitrogen and oxygen atoms in total. The van der Waals surface area contributed by atoms with Gasteiger partial charge in [-0.25, -0.2) is 19.9 Å². The molecule has 3 aromatic rings. The van der Waals surface area contributed by atoms with Crippen molar-refractivity contribution in [2.75, 3.05) is 26.5 Å². The van der Waals surface area contributed by atoms with Gasteiger partial charge < -0.3 is 10.2 Å². The first kappa shape index (κ1) is 27.5. The number of carbonyl (C=O) groups excluding carboxylic acids is 3. The van der Waals surface area contributed by atoms with E-state index in [4.69, 9.17) is 11.6 Å². The van der Waals surface area contributed by atoms with E-state index in [2.05, 4.69) is 20.8 Å². The number of pyridine rings is 1. The third-order valence-corrected chi connectivity index (χ3v) is 5.41. The molecule has 0 radical (unpaired) electrons. The Labute approximate surface area is 215 Å². The third-order valence-electron chi connectivity index (χ3n) is 5.12. The molecule has 1 aromatic carbocycles. The summed E-state index contributed by atoms with van der Waals surface area (Å²) in [6, 6.07) is 7.47. The highest BCUT2D eigenvalue weighted by Gasteiger charge is 2.36. The van der Waals surface area contributed by atoms with E-state index < -0.39 is 35.4 Å². The van der Waals surface area contributed by atoms with Gasteiger partial charge in [-0.15, -0.1) is 0 Å². The molecule has 0 aliphatic carbocycles. The third kappa shape index (κ3) is 6.17. The van der Waals surface area contributed by atoms with Crippen molar-refractivity contribution in [3.8, 4) is 5.82 Å². The van der Waals surface area contributed by atoms with E-state index in [1.54, 1.807) is 6.07 Å². The second-order valence-electron chi connectivity index (χ2n) is 8.00. The zero-order chi connectivity index (χ0) is 27.5. The maximum absolute atomic E-state index is 13.4. The first-order chi connectivity index (χ1) is 17.3. The van der Waals surface area contributed by atoms with Crippen molar-refractivity contribution in [2.24, 2.45) is 0 Å². The second-order valence-corrected chi connectivity index (χ2v) is 8.40. The number of aryl methyl sites for hydroxylation is 1. The van der Waals surface area contributed by atoms with Crippen LogP contribution in [0.25, 0.3) is 5.82 Å². The van der Waals surface area contributed by atoms with Crippen molar-refractivity contribution in [1.29, 1.82) is 0 Å². The van der Waals surface area contributed by atoms with Gasteiger partial charge in [-0.05, 0) is 36.2 Å². The largest absolute Gasteiger partial charge is 0.435 e. The quantitative estimate of drug-likeness (QED) is 0.478. The number of anilines is 1. The zero-order valence-corrected chi connectivity index (χ0v) is 21.0. The van der Waals surface area contributed by atoms with Crippen LogP contribution >= 0.6 is 11.6 Å². The molecule has 2 aromatic heterocycles. The first-order valence-corrected chi connectivity index (χ1v) is 11.2. The average Bonchev–Trinajstić information content (AvgIpc) is 3.30. The molecule has 37 heavy (non-hydrogen) atoms. The number of urea groups is 1. The molecule has 2 heterocycles. The van der Waals surface area contributed by atoms with Gasteiger partial charge in [0.1, 0.15) is 5.69 Å². The molecule has 0 atom stereocenters. The van der Waals surface area contributed by atoms with Crippen molar-refractivity contribution in [3.63, 3.8) is 0 Å². The molecule has 0 spiro atoms. The Kier molecular flexibility index (Phi) is 8.06. The highest BCUT2D eigenvalue weighted by Crippen LogP contribution is 2.31. The Morgan fingerprint density at radius 3 is 2.41 bits per heavy atom. The molecule has 4 amide bonds. The molecule has 0 bridgehead atoms. The lowest BCUT2D eigenvalue weighted by atomic mass is 10.1. The number of rotatable bonds is 5. The van der Waals surface area contributed by atoms with Crippen LogP contribution in [0.5, 0.6) is 0 Å². The van der Waals surface area contributed by atoms with Crippen molar-refractivity contribution in [2.45, 2.75) is 19.5 Å². The number of nitrogens with zero attached hydrogens (tertiary/aromatic N) is 5. The fourth-order valence-electron chi connectivity index (χ4n) is 3.13. The number of hydrogen-bond acceptors (Lipinski definition) is 5. The summed E-state index contributed by atoms with van der Waals surface area (Å²) in [5, 5.41) is 6.87. The molecule has 14 heteroatoms. The van der Waals surface area contributed by atoms with Crippen molar-refractivity contribution in [1.82, 2.24) is 30.1 Å². The number of halogens is 4. The maximum Gasteiger partial charge on any atom is 0.435 e. The van der Waals surface area contributed by atoms with Gasteiger partial charge in [-0.1, -0.05) is 24.6 Å². The summed E-state index contributed by atoms with van der Waals surface area (Å²) in [5.74, 6) is -1.85. The lowest BCUT2D eigenvalue weighted by Crippen LogP contribution is -2.47. The minimum absolute atomic E-state index is 0.00609. The van der Waals surface area contributed by atoms with Crippen molar-refractivity contribution >= 4 is 35.1 Å². The molecule has 0 saturated heterocycles. The van der Waals surface area contributed by atoms with Crippen LogP contribution in [0.1, 0.15) is 39.0 Å². The highest BCUT2D eigenvalue weighted by molar-refractivity contribution is 6.32. The minimum Gasteiger partial charge on any atom is -0.330 e. The molecule has 196 valence electrons. The number of benzene rings is 1.